The molecule has 5 heteroatoms. The molecule has 3 nitrogen and oxygen atoms in total. The van der Waals surface area contributed by atoms with Gasteiger partial charge >= 0.3 is 0 Å². The molecule has 0 radical (unpaired) electrons. The Kier molecular flexibility index (Phi) is 3.45. The average Bonchev–Trinajstić information content (AvgIpc) is 2.36. The number of pyridine rings is 1. The van der Waals surface area contributed by atoms with Gasteiger partial charge in [-0.2, -0.15) is 5.26 Å². The largest absolute Gasteiger partial charge is 0.310 e. The predicted molar refractivity (Wildman–Crippen MR) is 65.9 cm³/mol. The van der Waals surface area contributed by atoms with Crippen LogP contribution in [-0.4, -0.2) is 4.57 Å². The van der Waals surface area contributed by atoms with Gasteiger partial charge in [0.15, 0.2) is 0 Å². The number of rotatable bonds is 2. The van der Waals surface area contributed by atoms with Crippen LogP contribution in [-0.2, 0) is 6.54 Å². The molecule has 1 aromatic carbocycles. The maximum absolute atomic E-state index is 13.6. The van der Waals surface area contributed by atoms with Crippen molar-refractivity contribution in [3.8, 4) is 6.07 Å². The normalized spacial score (nSPS) is 10.1. The minimum Gasteiger partial charge on any atom is -0.310 e. The smallest absolute Gasteiger partial charge is 0.268 e. The van der Waals surface area contributed by atoms with Gasteiger partial charge < -0.3 is 4.57 Å². The summed E-state index contributed by atoms with van der Waals surface area (Å²) < 4.78 is 14.8. The number of aromatic nitrogens is 1. The Hall–Kier alpha value is -2.12. The Bertz CT molecular complexity index is 668. The highest BCUT2D eigenvalue weighted by atomic mass is 35.5. The summed E-state index contributed by atoms with van der Waals surface area (Å²) in [5.41, 5.74) is -0.208. The molecule has 0 aliphatic rings. The minimum atomic E-state index is -0.475. The first-order valence-corrected chi connectivity index (χ1v) is 5.53. The van der Waals surface area contributed by atoms with E-state index in [0.29, 0.717) is 0 Å². The van der Waals surface area contributed by atoms with Gasteiger partial charge in [0.1, 0.15) is 17.4 Å². The molecule has 0 bridgehead atoms. The predicted octanol–water partition coefficient (Wildman–Crippen LogP) is 2.56. The molecule has 1 aromatic heterocycles. The number of nitriles is 1. The van der Waals surface area contributed by atoms with Crippen LogP contribution in [0.3, 0.4) is 0 Å². The molecule has 0 unspecified atom stereocenters. The molecule has 0 spiro atoms. The van der Waals surface area contributed by atoms with Crippen LogP contribution in [0.1, 0.15) is 11.1 Å². The van der Waals surface area contributed by atoms with Gasteiger partial charge in [-0.25, -0.2) is 4.39 Å². The molecule has 18 heavy (non-hydrogen) atoms. The summed E-state index contributed by atoms with van der Waals surface area (Å²) in [6.45, 7) is -0.000139. The lowest BCUT2D eigenvalue weighted by molar-refractivity contribution is 0.596. The Labute approximate surface area is 108 Å². The Balaban J connectivity index is 2.48. The molecular formula is C13H8ClFN2O. The van der Waals surface area contributed by atoms with Crippen molar-refractivity contribution < 1.29 is 4.39 Å². The molecule has 0 atom stereocenters. The van der Waals surface area contributed by atoms with Crippen LogP contribution in [0.4, 0.5) is 4.39 Å². The Morgan fingerprint density at radius 3 is 2.78 bits per heavy atom. The van der Waals surface area contributed by atoms with E-state index in [-0.39, 0.29) is 22.7 Å². The zero-order chi connectivity index (χ0) is 13.1. The summed E-state index contributed by atoms with van der Waals surface area (Å²) in [5.74, 6) is -0.475. The maximum Gasteiger partial charge on any atom is 0.268 e. The number of hydrogen-bond donors (Lipinski definition) is 0. The van der Waals surface area contributed by atoms with E-state index in [1.807, 2.05) is 0 Å². The van der Waals surface area contributed by atoms with E-state index < -0.39 is 11.4 Å². The quantitative estimate of drug-likeness (QED) is 0.835. The number of halogens is 2. The fraction of sp³-hybridized carbons (Fsp3) is 0.0769. The zero-order valence-corrected chi connectivity index (χ0v) is 9.99. The van der Waals surface area contributed by atoms with Crippen LogP contribution < -0.4 is 5.56 Å². The molecule has 1 heterocycles. The van der Waals surface area contributed by atoms with Crippen molar-refractivity contribution in [2.24, 2.45) is 0 Å². The minimum absolute atomic E-state index is 0.000139. The lowest BCUT2D eigenvalue weighted by Gasteiger charge is -2.08. The summed E-state index contributed by atoms with van der Waals surface area (Å²) in [6.07, 6.45) is 1.49. The molecule has 2 rings (SSSR count). The highest BCUT2D eigenvalue weighted by molar-refractivity contribution is 6.31. The van der Waals surface area contributed by atoms with Crippen LogP contribution in [0.15, 0.2) is 41.3 Å². The summed E-state index contributed by atoms with van der Waals surface area (Å²) in [7, 11) is 0. The van der Waals surface area contributed by atoms with E-state index >= 15 is 0 Å². The maximum atomic E-state index is 13.6. The van der Waals surface area contributed by atoms with Gasteiger partial charge in [0.25, 0.3) is 5.56 Å². The zero-order valence-electron chi connectivity index (χ0n) is 9.23. The molecule has 0 aliphatic carbocycles. The van der Waals surface area contributed by atoms with Gasteiger partial charge in [0, 0.05) is 16.8 Å². The topological polar surface area (TPSA) is 45.8 Å². The molecule has 0 fully saturated rings. The van der Waals surface area contributed by atoms with Gasteiger partial charge in [0.05, 0.1) is 6.54 Å². The third-order valence-corrected chi connectivity index (χ3v) is 2.88. The summed E-state index contributed by atoms with van der Waals surface area (Å²) in [4.78, 5) is 11.8. The number of benzene rings is 1. The van der Waals surface area contributed by atoms with Gasteiger partial charge in [0.2, 0.25) is 0 Å². The van der Waals surface area contributed by atoms with Crippen molar-refractivity contribution in [3.05, 3.63) is 68.8 Å². The van der Waals surface area contributed by atoms with Crippen LogP contribution >= 0.6 is 11.6 Å². The van der Waals surface area contributed by atoms with Crippen molar-refractivity contribution in [2.45, 2.75) is 6.54 Å². The first-order chi connectivity index (χ1) is 8.63. The summed E-state index contributed by atoms with van der Waals surface area (Å²) >= 11 is 5.89. The van der Waals surface area contributed by atoms with Gasteiger partial charge in [-0.15, -0.1) is 0 Å². The standard InChI is InChI=1S/C13H8ClFN2O/c14-11-4-1-5-12(15)10(11)8-17-6-2-3-9(7-16)13(17)18/h1-6H,8H2. The second kappa shape index (κ2) is 5.03. The highest BCUT2D eigenvalue weighted by Crippen LogP contribution is 2.19. The van der Waals surface area contributed by atoms with Gasteiger partial charge in [-0.05, 0) is 24.3 Å². The molecule has 0 amide bonds. The highest BCUT2D eigenvalue weighted by Gasteiger charge is 2.09. The lowest BCUT2D eigenvalue weighted by Crippen LogP contribution is -2.22. The van der Waals surface area contributed by atoms with E-state index in [1.54, 1.807) is 18.2 Å². The van der Waals surface area contributed by atoms with E-state index in [0.717, 1.165) is 0 Å². The molecule has 0 saturated heterocycles. The van der Waals surface area contributed by atoms with E-state index in [1.165, 1.54) is 29.0 Å². The first kappa shape index (κ1) is 12.3. The fourth-order valence-corrected chi connectivity index (χ4v) is 1.82. The average molecular weight is 263 g/mol. The van der Waals surface area contributed by atoms with Crippen molar-refractivity contribution in [1.82, 2.24) is 4.57 Å². The first-order valence-electron chi connectivity index (χ1n) is 5.16. The van der Waals surface area contributed by atoms with Crippen molar-refractivity contribution in [2.75, 3.05) is 0 Å². The van der Waals surface area contributed by atoms with Crippen molar-refractivity contribution in [3.63, 3.8) is 0 Å². The third-order valence-electron chi connectivity index (χ3n) is 2.53. The number of hydrogen-bond acceptors (Lipinski definition) is 2. The van der Waals surface area contributed by atoms with E-state index in [2.05, 4.69) is 0 Å². The second-order valence-corrected chi connectivity index (χ2v) is 4.07. The van der Waals surface area contributed by atoms with E-state index in [9.17, 15) is 9.18 Å². The number of nitrogens with zero attached hydrogens (tertiary/aromatic N) is 2. The second-order valence-electron chi connectivity index (χ2n) is 3.67. The van der Waals surface area contributed by atoms with Gasteiger partial charge in [-0.3, -0.25) is 4.79 Å². The molecule has 0 N–H and O–H groups in total. The Morgan fingerprint density at radius 1 is 1.33 bits per heavy atom. The molecular weight excluding hydrogens is 255 g/mol. The summed E-state index contributed by atoms with van der Waals surface area (Å²) in [5, 5.41) is 9.01. The fourth-order valence-electron chi connectivity index (χ4n) is 1.60. The van der Waals surface area contributed by atoms with E-state index in [4.69, 9.17) is 16.9 Å². The van der Waals surface area contributed by atoms with Crippen LogP contribution in [0.5, 0.6) is 0 Å². The van der Waals surface area contributed by atoms with Crippen LogP contribution in [0, 0.1) is 17.1 Å². The van der Waals surface area contributed by atoms with Crippen molar-refractivity contribution >= 4 is 11.6 Å². The van der Waals surface area contributed by atoms with Gasteiger partial charge in [-0.1, -0.05) is 17.7 Å². The molecule has 0 aliphatic heterocycles. The molecule has 0 saturated carbocycles. The Morgan fingerprint density at radius 2 is 2.11 bits per heavy atom. The summed E-state index contributed by atoms with van der Waals surface area (Å²) in [6, 6.07) is 9.10. The lowest BCUT2D eigenvalue weighted by atomic mass is 10.2. The SMILES string of the molecule is N#Cc1cccn(Cc2c(F)cccc2Cl)c1=O. The molecule has 90 valence electrons. The van der Waals surface area contributed by atoms with Crippen LogP contribution in [0.2, 0.25) is 5.02 Å². The third kappa shape index (κ3) is 2.27. The molecule has 2 aromatic rings. The van der Waals surface area contributed by atoms with Crippen LogP contribution in [0.25, 0.3) is 0 Å². The monoisotopic (exact) mass is 262 g/mol. The van der Waals surface area contributed by atoms with Crippen molar-refractivity contribution in [1.29, 1.82) is 5.26 Å².